The summed E-state index contributed by atoms with van der Waals surface area (Å²) in [5.41, 5.74) is 6.32. The van der Waals surface area contributed by atoms with E-state index in [2.05, 4.69) is 10.9 Å². The lowest BCUT2D eigenvalue weighted by Crippen LogP contribution is -2.45. The van der Waals surface area contributed by atoms with Crippen LogP contribution in [0, 0.1) is 13.8 Å². The molecule has 0 saturated carbocycles. The number of hydrazine groups is 1. The van der Waals surface area contributed by atoms with Gasteiger partial charge in [-0.15, -0.1) is 0 Å². The van der Waals surface area contributed by atoms with Crippen LogP contribution in [0.5, 0.6) is 5.75 Å². The molecule has 0 saturated heterocycles. The minimum atomic E-state index is -0.540. The van der Waals surface area contributed by atoms with Gasteiger partial charge in [-0.05, 0) is 39.0 Å². The lowest BCUT2D eigenvalue weighted by molar-refractivity contribution is -0.130. The van der Waals surface area contributed by atoms with Crippen molar-refractivity contribution in [2.75, 3.05) is 13.2 Å². The van der Waals surface area contributed by atoms with Gasteiger partial charge >= 0.3 is 5.97 Å². The van der Waals surface area contributed by atoms with E-state index in [1.807, 2.05) is 0 Å². The molecule has 0 aliphatic rings. The third kappa shape index (κ3) is 5.50. The first kappa shape index (κ1) is 21.3. The number of nitrogens with zero attached hydrogens (tertiary/aromatic N) is 1. The summed E-state index contributed by atoms with van der Waals surface area (Å²) in [6.45, 7) is 5.12. The van der Waals surface area contributed by atoms with E-state index in [9.17, 15) is 14.4 Å². The van der Waals surface area contributed by atoms with Gasteiger partial charge in [-0.2, -0.15) is 0 Å². The fourth-order valence-corrected chi connectivity index (χ4v) is 2.71. The number of aryl methyl sites for hydroxylation is 1. The Balaban J connectivity index is 1.86. The van der Waals surface area contributed by atoms with E-state index in [0.29, 0.717) is 22.0 Å². The molecule has 0 atom stereocenters. The monoisotopic (exact) mass is 407 g/mol. The van der Waals surface area contributed by atoms with Crippen molar-refractivity contribution in [1.82, 2.24) is 15.4 Å². The van der Waals surface area contributed by atoms with Gasteiger partial charge in [0.1, 0.15) is 12.3 Å². The minimum Gasteiger partial charge on any atom is -0.482 e. The predicted molar refractivity (Wildman–Crippen MR) is 103 cm³/mol. The highest BCUT2D eigenvalue weighted by Crippen LogP contribution is 2.22. The first-order chi connectivity index (χ1) is 13.3. The SMILES string of the molecule is CCOC(=O)c1cc(C)n(CC(=O)NNC(=O)COc2ccccc2Cl)c1C. The first-order valence-electron chi connectivity index (χ1n) is 8.62. The van der Waals surface area contributed by atoms with Gasteiger partial charge in [0.15, 0.2) is 6.61 Å². The van der Waals surface area contributed by atoms with Crippen LogP contribution in [-0.4, -0.2) is 35.6 Å². The first-order valence-corrected chi connectivity index (χ1v) is 9.00. The number of ether oxygens (including phenoxy) is 2. The maximum absolute atomic E-state index is 12.1. The summed E-state index contributed by atoms with van der Waals surface area (Å²) < 4.78 is 11.9. The second-order valence-electron chi connectivity index (χ2n) is 5.91. The maximum Gasteiger partial charge on any atom is 0.339 e. The molecule has 2 aromatic rings. The number of carbonyl (C=O) groups excluding carboxylic acids is 3. The maximum atomic E-state index is 12.1. The fourth-order valence-electron chi connectivity index (χ4n) is 2.52. The number of esters is 1. The zero-order chi connectivity index (χ0) is 20.7. The van der Waals surface area contributed by atoms with Gasteiger partial charge in [0, 0.05) is 11.4 Å². The molecule has 2 amide bonds. The number of aromatic nitrogens is 1. The van der Waals surface area contributed by atoms with Gasteiger partial charge < -0.3 is 14.0 Å². The number of halogens is 1. The van der Waals surface area contributed by atoms with E-state index in [0.717, 1.165) is 5.69 Å². The van der Waals surface area contributed by atoms with Crippen molar-refractivity contribution in [3.8, 4) is 5.75 Å². The molecule has 28 heavy (non-hydrogen) atoms. The molecule has 9 heteroatoms. The molecule has 2 N–H and O–H groups in total. The molecular formula is C19H22ClN3O5. The van der Waals surface area contributed by atoms with Crippen molar-refractivity contribution >= 4 is 29.4 Å². The highest BCUT2D eigenvalue weighted by atomic mass is 35.5. The molecule has 0 radical (unpaired) electrons. The Kier molecular flexibility index (Phi) is 7.45. The number of carbonyl (C=O) groups is 3. The zero-order valence-electron chi connectivity index (χ0n) is 15.9. The molecule has 1 aromatic carbocycles. The van der Waals surface area contributed by atoms with Crippen LogP contribution >= 0.6 is 11.6 Å². The number of para-hydroxylation sites is 1. The van der Waals surface area contributed by atoms with Gasteiger partial charge in [-0.3, -0.25) is 20.4 Å². The van der Waals surface area contributed by atoms with E-state index in [4.69, 9.17) is 21.1 Å². The number of rotatable bonds is 7. The molecule has 0 aliphatic heterocycles. The number of benzene rings is 1. The van der Waals surface area contributed by atoms with Crippen molar-refractivity contribution in [1.29, 1.82) is 0 Å². The standard InChI is InChI=1S/C19H22ClN3O5/c1-4-27-19(26)14-9-12(2)23(13(14)3)10-17(24)21-22-18(25)11-28-16-8-6-5-7-15(16)20/h5-9H,4,10-11H2,1-3H3,(H,21,24)(H,22,25). The van der Waals surface area contributed by atoms with E-state index < -0.39 is 17.8 Å². The lowest BCUT2D eigenvalue weighted by atomic mass is 10.2. The molecule has 0 bridgehead atoms. The molecule has 0 spiro atoms. The number of amides is 2. The molecule has 8 nitrogen and oxygen atoms in total. The summed E-state index contributed by atoms with van der Waals surface area (Å²) in [5.74, 6) is -1.06. The third-order valence-corrected chi connectivity index (χ3v) is 4.22. The fraction of sp³-hybridized carbons (Fsp3) is 0.316. The van der Waals surface area contributed by atoms with Gasteiger partial charge in [-0.25, -0.2) is 4.79 Å². The second-order valence-corrected chi connectivity index (χ2v) is 6.31. The molecule has 0 fully saturated rings. The summed E-state index contributed by atoms with van der Waals surface area (Å²) in [4.78, 5) is 35.9. The molecule has 2 rings (SSSR count). The quantitative estimate of drug-likeness (QED) is 0.541. The molecule has 1 aromatic heterocycles. The average molecular weight is 408 g/mol. The number of nitrogens with one attached hydrogen (secondary N) is 2. The number of hydrogen-bond donors (Lipinski definition) is 2. The Morgan fingerprint density at radius 2 is 1.79 bits per heavy atom. The Hall–Kier alpha value is -3.00. The molecule has 1 heterocycles. The van der Waals surface area contributed by atoms with Gasteiger partial charge in [0.25, 0.3) is 11.8 Å². The minimum absolute atomic E-state index is 0.0667. The Bertz CT molecular complexity index is 878. The van der Waals surface area contributed by atoms with E-state index >= 15 is 0 Å². The molecule has 150 valence electrons. The Morgan fingerprint density at radius 3 is 2.46 bits per heavy atom. The van der Waals surface area contributed by atoms with Crippen LogP contribution in [0.15, 0.2) is 30.3 Å². The van der Waals surface area contributed by atoms with Crippen LogP contribution in [0.1, 0.15) is 28.7 Å². The lowest BCUT2D eigenvalue weighted by Gasteiger charge is -2.12. The van der Waals surface area contributed by atoms with Crippen molar-refractivity contribution in [2.24, 2.45) is 0 Å². The van der Waals surface area contributed by atoms with E-state index in [1.54, 1.807) is 55.7 Å². The predicted octanol–water partition coefficient (Wildman–Crippen LogP) is 2.16. The van der Waals surface area contributed by atoms with Crippen LogP contribution in [0.2, 0.25) is 5.02 Å². The van der Waals surface area contributed by atoms with Crippen LogP contribution < -0.4 is 15.6 Å². The van der Waals surface area contributed by atoms with Crippen molar-refractivity contribution in [3.63, 3.8) is 0 Å². The summed E-state index contributed by atoms with van der Waals surface area (Å²) in [6.07, 6.45) is 0. The normalized spacial score (nSPS) is 10.3. The Morgan fingerprint density at radius 1 is 1.11 bits per heavy atom. The van der Waals surface area contributed by atoms with Crippen molar-refractivity contribution < 1.29 is 23.9 Å². The van der Waals surface area contributed by atoms with Crippen molar-refractivity contribution in [3.05, 3.63) is 52.3 Å². The van der Waals surface area contributed by atoms with E-state index in [-0.39, 0.29) is 19.8 Å². The van der Waals surface area contributed by atoms with E-state index in [1.165, 1.54) is 0 Å². The summed E-state index contributed by atoms with van der Waals surface area (Å²) in [5, 5.41) is 0.385. The molecule has 0 aliphatic carbocycles. The van der Waals surface area contributed by atoms with Crippen LogP contribution in [-0.2, 0) is 20.9 Å². The summed E-state index contributed by atoms with van der Waals surface area (Å²) in [7, 11) is 0. The highest BCUT2D eigenvalue weighted by Gasteiger charge is 2.18. The van der Waals surface area contributed by atoms with Gasteiger partial charge in [-0.1, -0.05) is 23.7 Å². The zero-order valence-corrected chi connectivity index (χ0v) is 16.6. The summed E-state index contributed by atoms with van der Waals surface area (Å²) in [6, 6.07) is 8.41. The highest BCUT2D eigenvalue weighted by molar-refractivity contribution is 6.32. The van der Waals surface area contributed by atoms with Crippen LogP contribution in [0.4, 0.5) is 0 Å². The van der Waals surface area contributed by atoms with Gasteiger partial charge in [0.05, 0.1) is 17.2 Å². The summed E-state index contributed by atoms with van der Waals surface area (Å²) >= 11 is 5.94. The smallest absolute Gasteiger partial charge is 0.339 e. The van der Waals surface area contributed by atoms with Gasteiger partial charge in [0.2, 0.25) is 0 Å². The molecular weight excluding hydrogens is 386 g/mol. The second kappa shape index (κ2) is 9.80. The van der Waals surface area contributed by atoms with Crippen molar-refractivity contribution in [2.45, 2.75) is 27.3 Å². The largest absolute Gasteiger partial charge is 0.482 e. The average Bonchev–Trinajstić information content (AvgIpc) is 2.94. The third-order valence-electron chi connectivity index (χ3n) is 3.91. The van der Waals surface area contributed by atoms with Crippen LogP contribution in [0.25, 0.3) is 0 Å². The molecule has 0 unspecified atom stereocenters. The number of hydrogen-bond acceptors (Lipinski definition) is 5. The Labute approximate surface area is 167 Å². The van der Waals surface area contributed by atoms with Crippen LogP contribution in [0.3, 0.4) is 0 Å². The topological polar surface area (TPSA) is 98.7 Å².